The Kier molecular flexibility index (Phi) is 3.18. The van der Waals surface area contributed by atoms with Crippen molar-refractivity contribution in [2.75, 3.05) is 32.7 Å². The normalized spacial score (nSPS) is 38.1. The second-order valence-corrected chi connectivity index (χ2v) is 6.01. The van der Waals surface area contributed by atoms with Gasteiger partial charge in [-0.25, -0.2) is 0 Å². The number of nitrogens with two attached hydrogens (primary N) is 1. The number of hydrogen-bond donors (Lipinski definition) is 1. The SMILES string of the molecule is NC1CCC(N2CCN(CC3CC3)CC2)C1. The van der Waals surface area contributed by atoms with E-state index in [0.717, 1.165) is 12.0 Å². The van der Waals surface area contributed by atoms with Crippen LogP contribution in [0.3, 0.4) is 0 Å². The van der Waals surface area contributed by atoms with Crippen molar-refractivity contribution in [1.29, 1.82) is 0 Å². The summed E-state index contributed by atoms with van der Waals surface area (Å²) in [5.41, 5.74) is 6.00. The van der Waals surface area contributed by atoms with E-state index < -0.39 is 0 Å². The monoisotopic (exact) mass is 223 g/mol. The van der Waals surface area contributed by atoms with E-state index in [-0.39, 0.29) is 0 Å². The summed E-state index contributed by atoms with van der Waals surface area (Å²) < 4.78 is 0. The summed E-state index contributed by atoms with van der Waals surface area (Å²) in [6.45, 7) is 6.52. The van der Waals surface area contributed by atoms with E-state index in [1.807, 2.05) is 0 Å². The van der Waals surface area contributed by atoms with Crippen molar-refractivity contribution in [2.24, 2.45) is 11.7 Å². The lowest BCUT2D eigenvalue weighted by atomic mass is 10.1. The van der Waals surface area contributed by atoms with Gasteiger partial charge in [-0.2, -0.15) is 0 Å². The molecule has 3 nitrogen and oxygen atoms in total. The van der Waals surface area contributed by atoms with Crippen molar-refractivity contribution in [1.82, 2.24) is 9.80 Å². The third-order valence-electron chi connectivity index (χ3n) is 4.58. The summed E-state index contributed by atoms with van der Waals surface area (Å²) in [4.78, 5) is 5.36. The van der Waals surface area contributed by atoms with Crippen LogP contribution in [0.15, 0.2) is 0 Å². The lowest BCUT2D eigenvalue weighted by molar-refractivity contribution is 0.0946. The van der Waals surface area contributed by atoms with Crippen LogP contribution in [0.2, 0.25) is 0 Å². The van der Waals surface area contributed by atoms with Crippen molar-refractivity contribution >= 4 is 0 Å². The Labute approximate surface area is 99.0 Å². The van der Waals surface area contributed by atoms with Gasteiger partial charge in [0.15, 0.2) is 0 Å². The van der Waals surface area contributed by atoms with Gasteiger partial charge >= 0.3 is 0 Å². The first-order chi connectivity index (χ1) is 7.81. The van der Waals surface area contributed by atoms with Crippen LogP contribution < -0.4 is 5.73 Å². The van der Waals surface area contributed by atoms with Crippen LogP contribution in [0.25, 0.3) is 0 Å². The second-order valence-electron chi connectivity index (χ2n) is 6.01. The van der Waals surface area contributed by atoms with Gasteiger partial charge < -0.3 is 10.6 Å². The molecule has 0 amide bonds. The molecule has 2 saturated carbocycles. The molecule has 16 heavy (non-hydrogen) atoms. The highest BCUT2D eigenvalue weighted by Crippen LogP contribution is 2.30. The lowest BCUT2D eigenvalue weighted by Crippen LogP contribution is -2.50. The third-order valence-corrected chi connectivity index (χ3v) is 4.58. The van der Waals surface area contributed by atoms with Crippen molar-refractivity contribution in [2.45, 2.75) is 44.2 Å². The zero-order valence-corrected chi connectivity index (χ0v) is 10.3. The Hall–Kier alpha value is -0.120. The van der Waals surface area contributed by atoms with Crippen molar-refractivity contribution in [3.63, 3.8) is 0 Å². The first kappa shape index (κ1) is 11.0. The molecule has 3 rings (SSSR count). The zero-order chi connectivity index (χ0) is 11.0. The van der Waals surface area contributed by atoms with Crippen molar-refractivity contribution in [3.05, 3.63) is 0 Å². The molecule has 1 saturated heterocycles. The molecule has 2 aliphatic carbocycles. The molecule has 0 bridgehead atoms. The summed E-state index contributed by atoms with van der Waals surface area (Å²) >= 11 is 0. The van der Waals surface area contributed by atoms with Crippen LogP contribution in [0.4, 0.5) is 0 Å². The highest BCUT2D eigenvalue weighted by atomic mass is 15.3. The molecule has 1 heterocycles. The summed E-state index contributed by atoms with van der Waals surface area (Å²) in [6.07, 6.45) is 6.79. The molecule has 3 aliphatic rings. The van der Waals surface area contributed by atoms with Gasteiger partial charge in [0.25, 0.3) is 0 Å². The third kappa shape index (κ3) is 2.58. The minimum Gasteiger partial charge on any atom is -0.328 e. The van der Waals surface area contributed by atoms with Gasteiger partial charge in [-0.3, -0.25) is 4.90 Å². The molecule has 0 aromatic heterocycles. The summed E-state index contributed by atoms with van der Waals surface area (Å²) in [5.74, 6) is 1.05. The van der Waals surface area contributed by atoms with Gasteiger partial charge in [0.2, 0.25) is 0 Å². The number of piperazine rings is 1. The Morgan fingerprint density at radius 2 is 1.69 bits per heavy atom. The summed E-state index contributed by atoms with van der Waals surface area (Å²) in [7, 11) is 0. The predicted molar refractivity (Wildman–Crippen MR) is 66.4 cm³/mol. The van der Waals surface area contributed by atoms with E-state index in [1.54, 1.807) is 0 Å². The first-order valence-corrected chi connectivity index (χ1v) is 7.03. The van der Waals surface area contributed by atoms with Crippen LogP contribution in [0.1, 0.15) is 32.1 Å². The molecular weight excluding hydrogens is 198 g/mol. The molecule has 2 N–H and O–H groups in total. The van der Waals surface area contributed by atoms with E-state index in [0.29, 0.717) is 6.04 Å². The van der Waals surface area contributed by atoms with Gasteiger partial charge in [-0.1, -0.05) is 0 Å². The summed E-state index contributed by atoms with van der Waals surface area (Å²) in [6, 6.07) is 1.28. The Morgan fingerprint density at radius 1 is 0.938 bits per heavy atom. The van der Waals surface area contributed by atoms with Crippen LogP contribution in [0.5, 0.6) is 0 Å². The van der Waals surface area contributed by atoms with Gasteiger partial charge in [0.05, 0.1) is 0 Å². The van der Waals surface area contributed by atoms with Gasteiger partial charge in [0.1, 0.15) is 0 Å². The molecular formula is C13H25N3. The van der Waals surface area contributed by atoms with Crippen molar-refractivity contribution < 1.29 is 0 Å². The van der Waals surface area contributed by atoms with E-state index >= 15 is 0 Å². The van der Waals surface area contributed by atoms with Crippen molar-refractivity contribution in [3.8, 4) is 0 Å². The van der Waals surface area contributed by atoms with E-state index in [2.05, 4.69) is 9.80 Å². The van der Waals surface area contributed by atoms with E-state index in [4.69, 9.17) is 5.73 Å². The number of rotatable bonds is 3. The topological polar surface area (TPSA) is 32.5 Å². The minimum atomic E-state index is 0.481. The molecule has 3 heteroatoms. The quantitative estimate of drug-likeness (QED) is 0.771. The molecule has 0 aromatic rings. The maximum atomic E-state index is 6.00. The van der Waals surface area contributed by atoms with Crippen LogP contribution in [0, 0.1) is 5.92 Å². The molecule has 2 atom stereocenters. The molecule has 0 aromatic carbocycles. The Morgan fingerprint density at radius 3 is 2.25 bits per heavy atom. The zero-order valence-electron chi connectivity index (χ0n) is 10.3. The van der Waals surface area contributed by atoms with E-state index in [1.165, 1.54) is 64.8 Å². The predicted octanol–water partition coefficient (Wildman–Crippen LogP) is 0.894. The number of nitrogens with zero attached hydrogens (tertiary/aromatic N) is 2. The fourth-order valence-electron chi connectivity index (χ4n) is 3.30. The highest BCUT2D eigenvalue weighted by Gasteiger charge is 2.31. The van der Waals surface area contributed by atoms with E-state index in [9.17, 15) is 0 Å². The summed E-state index contributed by atoms with van der Waals surface area (Å²) in [5, 5.41) is 0. The van der Waals surface area contributed by atoms with Gasteiger partial charge in [0, 0.05) is 44.8 Å². The van der Waals surface area contributed by atoms with Crippen LogP contribution in [-0.4, -0.2) is 54.6 Å². The maximum absolute atomic E-state index is 6.00. The maximum Gasteiger partial charge on any atom is 0.0113 e. The minimum absolute atomic E-state index is 0.481. The fourth-order valence-corrected chi connectivity index (χ4v) is 3.30. The molecule has 0 radical (unpaired) electrons. The number of hydrogen-bond acceptors (Lipinski definition) is 3. The highest BCUT2D eigenvalue weighted by molar-refractivity contribution is 4.88. The second kappa shape index (κ2) is 4.63. The molecule has 1 aliphatic heterocycles. The Bertz CT molecular complexity index is 231. The smallest absolute Gasteiger partial charge is 0.0113 e. The molecule has 92 valence electrons. The fraction of sp³-hybridized carbons (Fsp3) is 1.00. The van der Waals surface area contributed by atoms with Gasteiger partial charge in [-0.15, -0.1) is 0 Å². The standard InChI is InChI=1S/C13H25N3/c14-12-3-4-13(9-12)16-7-5-15(6-8-16)10-11-1-2-11/h11-13H,1-10,14H2. The molecule has 3 fully saturated rings. The van der Waals surface area contributed by atoms with Crippen LogP contribution in [-0.2, 0) is 0 Å². The van der Waals surface area contributed by atoms with Crippen LogP contribution >= 0.6 is 0 Å². The first-order valence-electron chi connectivity index (χ1n) is 7.03. The Balaban J connectivity index is 1.43. The average Bonchev–Trinajstić information content (AvgIpc) is 3.00. The average molecular weight is 223 g/mol. The largest absolute Gasteiger partial charge is 0.328 e. The lowest BCUT2D eigenvalue weighted by Gasteiger charge is -2.38. The van der Waals surface area contributed by atoms with Gasteiger partial charge in [-0.05, 0) is 38.0 Å². The molecule has 0 spiro atoms. The molecule has 2 unspecified atom stereocenters.